The molecule has 0 bridgehead atoms. The Balaban J connectivity index is -0.000000130. The third-order valence-electron chi connectivity index (χ3n) is 5.04. The largest absolute Gasteiger partial charge is 5.00 e. The first kappa shape index (κ1) is 38.5. The van der Waals surface area contributed by atoms with E-state index in [-0.39, 0.29) is 67.9 Å². The van der Waals surface area contributed by atoms with Gasteiger partial charge in [-0.2, -0.15) is 6.08 Å². The second-order valence-electron chi connectivity index (χ2n) is 6.94. The van der Waals surface area contributed by atoms with E-state index in [4.69, 9.17) is 0 Å². The maximum absolute atomic E-state index is 2.99. The van der Waals surface area contributed by atoms with Crippen LogP contribution in [-0.2, 0) is 17.4 Å². The van der Waals surface area contributed by atoms with E-state index in [2.05, 4.69) is 25.2 Å². The summed E-state index contributed by atoms with van der Waals surface area (Å²) in [6, 6.07) is 0. The van der Waals surface area contributed by atoms with Crippen molar-refractivity contribution in [3.05, 3.63) is 54.0 Å². The number of halogens is 1. The Hall–Kier alpha value is 0.949. The van der Waals surface area contributed by atoms with Crippen LogP contribution >= 0.6 is 19.9 Å². The molecule has 0 aromatic carbocycles. The van der Waals surface area contributed by atoms with E-state index in [1.807, 2.05) is 12.2 Å². The third kappa shape index (κ3) is 14.6. The van der Waals surface area contributed by atoms with Gasteiger partial charge in [0.25, 0.3) is 0 Å². The SMILES string of the molecule is C[Si](C)P(C1CCCCC1)C1CCCCC1.Cl.[C-]1=CC=CC1.[CH3-].[CH3-].[CH3-].[CH3-].[Cr+5]. The molecule has 27 heavy (non-hydrogen) atoms. The van der Waals surface area contributed by atoms with E-state index in [9.17, 15) is 0 Å². The first-order valence-electron chi connectivity index (χ1n) is 9.09. The zero-order valence-electron chi connectivity index (χ0n) is 18.9. The van der Waals surface area contributed by atoms with Gasteiger partial charge in [-0.15, -0.1) is 26.3 Å². The zero-order valence-corrected chi connectivity index (χ0v) is 22.9. The maximum atomic E-state index is 2.99. The van der Waals surface area contributed by atoms with Crippen molar-refractivity contribution in [1.29, 1.82) is 0 Å². The standard InChI is InChI=1S/C14H28PSi.C5H5.4CH3.ClH.Cr/c1-16(2)15(13-9-5-3-6-10-13)14-11-7-4-8-12-14;1-2-4-5-3-1;;;;;;/h13-14H,3-12H2,1-2H3;1-3H,4H2;4*1H3;1H;/q;5*-1;;+5. The minimum absolute atomic E-state index is 0. The molecule has 160 valence electrons. The molecule has 3 aliphatic rings. The Morgan fingerprint density at radius 1 is 0.778 bits per heavy atom. The van der Waals surface area contributed by atoms with Crippen LogP contribution in [0.3, 0.4) is 0 Å². The predicted molar refractivity (Wildman–Crippen MR) is 133 cm³/mol. The molecule has 0 saturated heterocycles. The average molecular weight is 469 g/mol. The normalized spacial score (nSPS) is 18.4. The molecule has 4 heteroatoms. The summed E-state index contributed by atoms with van der Waals surface area (Å²) >= 11 is 0. The Labute approximate surface area is 194 Å². The fourth-order valence-corrected chi connectivity index (χ4v) is 13.9. The minimum atomic E-state index is -0.00595. The van der Waals surface area contributed by atoms with Gasteiger partial charge in [0.1, 0.15) is 0 Å². The summed E-state index contributed by atoms with van der Waals surface area (Å²) in [4.78, 5) is 0. The van der Waals surface area contributed by atoms with E-state index >= 15 is 0 Å². The monoisotopic (exact) mass is 468 g/mol. The van der Waals surface area contributed by atoms with Crippen molar-refractivity contribution < 1.29 is 17.4 Å². The van der Waals surface area contributed by atoms with Gasteiger partial charge in [0.2, 0.25) is 0 Å². The van der Waals surface area contributed by atoms with Crippen molar-refractivity contribution in [2.45, 2.75) is 95.0 Å². The molecule has 0 aromatic heterocycles. The van der Waals surface area contributed by atoms with Crippen molar-refractivity contribution in [2.24, 2.45) is 0 Å². The van der Waals surface area contributed by atoms with Crippen molar-refractivity contribution in [3.8, 4) is 0 Å². The van der Waals surface area contributed by atoms with E-state index in [0.29, 0.717) is 7.47 Å². The van der Waals surface area contributed by atoms with Gasteiger partial charge in [-0.25, -0.2) is 12.2 Å². The van der Waals surface area contributed by atoms with Crippen LogP contribution in [0.2, 0.25) is 13.1 Å². The number of rotatable bonds is 3. The Morgan fingerprint density at radius 2 is 1.19 bits per heavy atom. The predicted octanol–water partition coefficient (Wildman–Crippen LogP) is 8.91. The molecular formula is C23H46ClCrPSi. The Bertz CT molecular complexity index is 307. The van der Waals surface area contributed by atoms with Gasteiger partial charge in [0.15, 0.2) is 0 Å². The quantitative estimate of drug-likeness (QED) is 0.220. The van der Waals surface area contributed by atoms with Gasteiger partial charge in [-0.3, -0.25) is 6.08 Å². The smallest absolute Gasteiger partial charge is 0.358 e. The second kappa shape index (κ2) is 23.2. The molecule has 0 aliphatic heterocycles. The number of hydrogen-bond acceptors (Lipinski definition) is 0. The maximum Gasteiger partial charge on any atom is 5.00 e. The topological polar surface area (TPSA) is 0 Å². The van der Waals surface area contributed by atoms with Crippen LogP contribution in [0.4, 0.5) is 0 Å². The molecule has 0 nitrogen and oxygen atoms in total. The molecule has 0 unspecified atom stereocenters. The fourth-order valence-electron chi connectivity index (χ4n) is 4.09. The molecule has 3 rings (SSSR count). The Kier molecular flexibility index (Phi) is 33.2. The summed E-state index contributed by atoms with van der Waals surface area (Å²) in [5.74, 6) is 0. The first-order chi connectivity index (χ1) is 10.3. The summed E-state index contributed by atoms with van der Waals surface area (Å²) in [5, 5.41) is 0. The molecule has 0 atom stereocenters. The number of hydrogen-bond donors (Lipinski definition) is 0. The molecule has 0 heterocycles. The van der Waals surface area contributed by atoms with Gasteiger partial charge in [-0.05, 0) is 37.0 Å². The minimum Gasteiger partial charge on any atom is -0.358 e. The van der Waals surface area contributed by atoms with Crippen LogP contribution in [0.1, 0.15) is 70.6 Å². The van der Waals surface area contributed by atoms with Crippen LogP contribution in [0.5, 0.6) is 0 Å². The Morgan fingerprint density at radius 3 is 1.41 bits per heavy atom. The van der Waals surface area contributed by atoms with E-state index in [1.54, 1.807) is 51.4 Å². The van der Waals surface area contributed by atoms with Gasteiger partial charge < -0.3 is 29.7 Å². The third-order valence-corrected chi connectivity index (χ3v) is 14.0. The molecule has 2 radical (unpaired) electrons. The molecule has 3 aliphatic carbocycles. The average Bonchev–Trinajstić information content (AvgIpc) is 3.09. The first-order valence-corrected chi connectivity index (χ1v) is 13.9. The van der Waals surface area contributed by atoms with E-state index < -0.39 is 0 Å². The second-order valence-corrected chi connectivity index (χ2v) is 15.3. The van der Waals surface area contributed by atoms with Crippen molar-refractivity contribution in [3.63, 3.8) is 0 Å². The van der Waals surface area contributed by atoms with Crippen molar-refractivity contribution in [1.82, 2.24) is 0 Å². The van der Waals surface area contributed by atoms with Crippen LogP contribution in [-0.4, -0.2) is 19.8 Å². The van der Waals surface area contributed by atoms with Gasteiger partial charge >= 0.3 is 17.4 Å². The summed E-state index contributed by atoms with van der Waals surface area (Å²) in [6.45, 7) is 5.22. The van der Waals surface area contributed by atoms with Gasteiger partial charge in [0, 0.05) is 0 Å². The zero-order chi connectivity index (χ0) is 14.9. The van der Waals surface area contributed by atoms with Crippen LogP contribution in [0, 0.1) is 35.8 Å². The van der Waals surface area contributed by atoms with Crippen molar-refractivity contribution in [2.75, 3.05) is 0 Å². The molecule has 0 amide bonds. The van der Waals surface area contributed by atoms with Crippen LogP contribution < -0.4 is 0 Å². The van der Waals surface area contributed by atoms with Gasteiger partial charge in [-0.1, -0.05) is 51.6 Å². The van der Waals surface area contributed by atoms with Crippen molar-refractivity contribution >= 4 is 28.3 Å². The molecule has 2 saturated carbocycles. The molecule has 0 N–H and O–H groups in total. The van der Waals surface area contributed by atoms with Crippen LogP contribution in [0.15, 0.2) is 18.2 Å². The van der Waals surface area contributed by atoms with E-state index in [1.165, 1.54) is 24.2 Å². The summed E-state index contributed by atoms with van der Waals surface area (Å²) < 4.78 is 0. The van der Waals surface area contributed by atoms with Crippen LogP contribution in [0.25, 0.3) is 0 Å². The summed E-state index contributed by atoms with van der Waals surface area (Å²) in [6.07, 6.45) is 25.6. The number of allylic oxidation sites excluding steroid dienone is 4. The molecule has 0 spiro atoms. The molecular weight excluding hydrogens is 423 g/mol. The molecule has 0 aromatic rings. The van der Waals surface area contributed by atoms with Gasteiger partial charge in [0.05, 0.1) is 8.46 Å². The van der Waals surface area contributed by atoms with E-state index in [0.717, 1.165) is 6.42 Å². The molecule has 2 fully saturated rings. The summed E-state index contributed by atoms with van der Waals surface area (Å²) in [5.41, 5.74) is 2.38. The summed E-state index contributed by atoms with van der Waals surface area (Å²) in [7, 11) is 0.440. The fraction of sp³-hybridized carbons (Fsp3) is 0.652.